The van der Waals surface area contributed by atoms with Gasteiger partial charge in [0.05, 0.1) is 17.7 Å². The van der Waals surface area contributed by atoms with E-state index in [2.05, 4.69) is 21.2 Å². The summed E-state index contributed by atoms with van der Waals surface area (Å²) in [6, 6.07) is 7.17. The first-order chi connectivity index (χ1) is 17.8. The molecule has 0 aliphatic rings. The summed E-state index contributed by atoms with van der Waals surface area (Å²) in [5.74, 6) is -1.63. The first-order valence-electron chi connectivity index (χ1n) is 11.2. The number of hydrogen-bond donors (Lipinski definition) is 5. The van der Waals surface area contributed by atoms with E-state index in [-0.39, 0.29) is 28.4 Å². The molecule has 0 spiro atoms. The zero-order valence-electron chi connectivity index (χ0n) is 20.8. The molecule has 0 saturated heterocycles. The fourth-order valence-electron chi connectivity index (χ4n) is 2.99. The molecule has 0 radical (unpaired) electrons. The number of ether oxygens (including phenoxy) is 1. The number of phenols is 1. The van der Waals surface area contributed by atoms with Gasteiger partial charge in [-0.1, -0.05) is 29.8 Å². The number of hydrogen-bond acceptors (Lipinski definition) is 9. The van der Waals surface area contributed by atoms with Crippen LogP contribution < -0.4 is 16.1 Å². The third-order valence-electron chi connectivity index (χ3n) is 4.75. The molecule has 2 atom stereocenters. The Balaban J connectivity index is 2.17. The highest BCUT2D eigenvalue weighted by Crippen LogP contribution is 2.24. The Morgan fingerprint density at radius 3 is 2.34 bits per heavy atom. The second kappa shape index (κ2) is 13.4. The lowest BCUT2D eigenvalue weighted by Crippen LogP contribution is -2.55. The second-order valence-corrected chi connectivity index (χ2v) is 9.42. The van der Waals surface area contributed by atoms with E-state index in [1.807, 2.05) is 0 Å². The van der Waals surface area contributed by atoms with Crippen LogP contribution in [0.2, 0.25) is 5.02 Å². The molecule has 3 amide bonds. The molecule has 0 saturated carbocycles. The van der Waals surface area contributed by atoms with Gasteiger partial charge in [-0.3, -0.25) is 19.7 Å². The van der Waals surface area contributed by atoms with Gasteiger partial charge in [0.15, 0.2) is 0 Å². The lowest BCUT2D eigenvalue weighted by molar-refractivity contribution is -0.384. The van der Waals surface area contributed by atoms with Gasteiger partial charge in [0.25, 0.3) is 11.6 Å². The number of nitro groups is 1. The first kappa shape index (κ1) is 30.0. The molecule has 0 aliphatic heterocycles. The molecule has 0 aromatic heterocycles. The van der Waals surface area contributed by atoms with Gasteiger partial charge in [-0.05, 0) is 44.5 Å². The Hall–Kier alpha value is -4.23. The predicted molar refractivity (Wildman–Crippen MR) is 138 cm³/mol. The largest absolute Gasteiger partial charge is 0.508 e. The number of carbonyl (C=O) groups is 3. The van der Waals surface area contributed by atoms with Crippen molar-refractivity contribution in [3.63, 3.8) is 0 Å². The molecule has 13 nitrogen and oxygen atoms in total. The van der Waals surface area contributed by atoms with E-state index in [0.29, 0.717) is 5.56 Å². The van der Waals surface area contributed by atoms with Crippen molar-refractivity contribution in [1.82, 2.24) is 16.1 Å². The number of rotatable bonds is 10. The van der Waals surface area contributed by atoms with Crippen LogP contribution in [0.1, 0.15) is 31.9 Å². The van der Waals surface area contributed by atoms with Crippen LogP contribution in [0, 0.1) is 10.1 Å². The number of alkyl carbamates (subject to hydrolysis) is 1. The van der Waals surface area contributed by atoms with Crippen LogP contribution in [0.4, 0.5) is 10.5 Å². The van der Waals surface area contributed by atoms with E-state index < -0.39 is 47.1 Å². The van der Waals surface area contributed by atoms with Crippen LogP contribution in [-0.2, 0) is 20.7 Å². The van der Waals surface area contributed by atoms with E-state index in [0.717, 1.165) is 6.21 Å². The minimum Gasteiger partial charge on any atom is -0.508 e. The van der Waals surface area contributed by atoms with Gasteiger partial charge in [0, 0.05) is 18.1 Å². The van der Waals surface area contributed by atoms with Crippen LogP contribution in [0.15, 0.2) is 47.6 Å². The van der Waals surface area contributed by atoms with Gasteiger partial charge in [-0.25, -0.2) is 10.2 Å². The monoisotopic (exact) mass is 549 g/mol. The third-order valence-corrected chi connectivity index (χ3v) is 5.07. The van der Waals surface area contributed by atoms with E-state index in [4.69, 9.17) is 16.3 Å². The first-order valence-corrected chi connectivity index (χ1v) is 11.6. The van der Waals surface area contributed by atoms with Crippen LogP contribution in [0.5, 0.6) is 5.75 Å². The maximum absolute atomic E-state index is 12.9. The quantitative estimate of drug-likeness (QED) is 0.169. The summed E-state index contributed by atoms with van der Waals surface area (Å²) in [5, 5.41) is 38.6. The SMILES string of the molecule is CC(C)(C)OC(=O)N[C@@H](CO)C(=O)N[C@@H](Cc1ccc(O)cc1)C(=O)N/N=C\c1ccc(Cl)c([N+](=O)[O-])c1. The number of halogens is 1. The van der Waals surface area contributed by atoms with Crippen molar-refractivity contribution in [2.45, 2.75) is 44.9 Å². The van der Waals surface area contributed by atoms with Crippen molar-refractivity contribution in [2.24, 2.45) is 5.10 Å². The van der Waals surface area contributed by atoms with Crippen LogP contribution in [-0.4, -0.2) is 63.6 Å². The van der Waals surface area contributed by atoms with E-state index >= 15 is 0 Å². The number of amides is 3. The van der Waals surface area contributed by atoms with Crippen LogP contribution in [0.3, 0.4) is 0 Å². The Labute approximate surface area is 223 Å². The summed E-state index contributed by atoms with van der Waals surface area (Å²) in [6.45, 7) is 4.11. The number of hydrazone groups is 1. The number of aliphatic hydroxyl groups is 1. The number of benzene rings is 2. The number of aliphatic hydroxyl groups excluding tert-OH is 1. The average molecular weight is 550 g/mol. The van der Waals surface area contributed by atoms with Crippen LogP contribution in [0.25, 0.3) is 0 Å². The Kier molecular flexibility index (Phi) is 10.5. The number of nitrogens with one attached hydrogen (secondary N) is 3. The maximum Gasteiger partial charge on any atom is 0.408 e. The molecule has 0 bridgehead atoms. The van der Waals surface area contributed by atoms with Crippen molar-refractivity contribution < 1.29 is 34.3 Å². The summed E-state index contributed by atoms with van der Waals surface area (Å²) in [4.78, 5) is 48.1. The number of nitrogens with zero attached hydrogens (tertiary/aromatic N) is 2. The molecule has 14 heteroatoms. The molecule has 0 heterocycles. The lowest BCUT2D eigenvalue weighted by atomic mass is 10.0. The van der Waals surface area contributed by atoms with E-state index in [1.165, 1.54) is 30.3 Å². The van der Waals surface area contributed by atoms with Gasteiger partial charge >= 0.3 is 6.09 Å². The predicted octanol–water partition coefficient (Wildman–Crippen LogP) is 2.02. The molecular weight excluding hydrogens is 522 g/mol. The Bertz CT molecular complexity index is 1200. The zero-order valence-corrected chi connectivity index (χ0v) is 21.6. The highest BCUT2D eigenvalue weighted by molar-refractivity contribution is 6.32. The topological polar surface area (TPSA) is 192 Å². The van der Waals surface area contributed by atoms with E-state index in [1.54, 1.807) is 32.9 Å². The highest BCUT2D eigenvalue weighted by Gasteiger charge is 2.28. The second-order valence-electron chi connectivity index (χ2n) is 9.02. The summed E-state index contributed by atoms with van der Waals surface area (Å²) in [5.41, 5.74) is 1.92. The average Bonchev–Trinajstić information content (AvgIpc) is 2.83. The van der Waals surface area contributed by atoms with Crippen molar-refractivity contribution in [3.8, 4) is 5.75 Å². The summed E-state index contributed by atoms with van der Waals surface area (Å²) in [6.07, 6.45) is 0.180. The molecular formula is C24H28ClN5O8. The molecule has 204 valence electrons. The Morgan fingerprint density at radius 1 is 1.11 bits per heavy atom. The summed E-state index contributed by atoms with van der Waals surface area (Å²) < 4.78 is 5.09. The fraction of sp³-hybridized carbons (Fsp3) is 0.333. The number of carbonyl (C=O) groups excluding carboxylic acids is 3. The minimum absolute atomic E-state index is 0.00218. The Morgan fingerprint density at radius 2 is 1.76 bits per heavy atom. The van der Waals surface area contributed by atoms with Gasteiger partial charge < -0.3 is 25.6 Å². The molecule has 2 aromatic carbocycles. The summed E-state index contributed by atoms with van der Waals surface area (Å²) in [7, 11) is 0. The number of aromatic hydroxyl groups is 1. The highest BCUT2D eigenvalue weighted by atomic mass is 35.5. The molecule has 38 heavy (non-hydrogen) atoms. The summed E-state index contributed by atoms with van der Waals surface area (Å²) >= 11 is 5.79. The molecule has 0 aliphatic carbocycles. The smallest absolute Gasteiger partial charge is 0.408 e. The van der Waals surface area contributed by atoms with Gasteiger partial charge in [0.2, 0.25) is 5.91 Å². The number of phenolic OH excluding ortho intramolecular Hbond substituents is 1. The van der Waals surface area contributed by atoms with Gasteiger partial charge in [0.1, 0.15) is 28.5 Å². The normalized spacial score (nSPS) is 12.9. The lowest BCUT2D eigenvalue weighted by Gasteiger charge is -2.24. The third kappa shape index (κ3) is 9.67. The molecule has 2 aromatic rings. The van der Waals surface area contributed by atoms with Crippen molar-refractivity contribution >= 4 is 41.4 Å². The molecule has 0 unspecified atom stereocenters. The fourth-order valence-corrected chi connectivity index (χ4v) is 3.18. The minimum atomic E-state index is -1.42. The standard InChI is InChI=1S/C24H28ClN5O8/c1-24(2,3)38-23(35)28-19(13-31)21(33)27-18(10-14-4-7-16(32)8-5-14)22(34)29-26-12-15-6-9-17(25)20(11-15)30(36)37/h4-9,11-12,18-19,31-32H,10,13H2,1-3H3,(H,27,33)(H,28,35)(H,29,34)/b26-12-/t18-,19-/m0/s1. The molecule has 5 N–H and O–H groups in total. The van der Waals surface area contributed by atoms with Crippen molar-refractivity contribution in [2.75, 3.05) is 6.61 Å². The zero-order chi connectivity index (χ0) is 28.5. The maximum atomic E-state index is 12.9. The van der Waals surface area contributed by atoms with Gasteiger partial charge in [-0.15, -0.1) is 0 Å². The number of nitro benzene ring substituents is 1. The van der Waals surface area contributed by atoms with Gasteiger partial charge in [-0.2, -0.15) is 5.10 Å². The van der Waals surface area contributed by atoms with Crippen molar-refractivity contribution in [3.05, 3.63) is 68.7 Å². The van der Waals surface area contributed by atoms with Crippen molar-refractivity contribution in [1.29, 1.82) is 0 Å². The molecule has 0 fully saturated rings. The van der Waals surface area contributed by atoms with Crippen LogP contribution >= 0.6 is 11.6 Å². The van der Waals surface area contributed by atoms with E-state index in [9.17, 15) is 34.7 Å². The molecule has 2 rings (SSSR count).